The lowest BCUT2D eigenvalue weighted by Gasteiger charge is -2.29. The van der Waals surface area contributed by atoms with E-state index in [-0.39, 0.29) is 0 Å². The molecule has 2 aromatic rings. The zero-order valence-corrected chi connectivity index (χ0v) is 11.1. The Morgan fingerprint density at radius 2 is 1.58 bits per heavy atom. The van der Waals surface area contributed by atoms with Gasteiger partial charge in [-0.05, 0) is 41.6 Å². The van der Waals surface area contributed by atoms with Gasteiger partial charge < -0.3 is 5.32 Å². The number of nitrogens with one attached hydrogen (secondary N) is 1. The van der Waals surface area contributed by atoms with Crippen molar-refractivity contribution in [1.29, 1.82) is 0 Å². The second-order valence-electron chi connectivity index (χ2n) is 5.04. The van der Waals surface area contributed by atoms with E-state index in [2.05, 4.69) is 60.4 Å². The molecule has 2 aromatic carbocycles. The lowest BCUT2D eigenvalue weighted by Crippen LogP contribution is -2.27. The first kappa shape index (κ1) is 12.2. The van der Waals surface area contributed by atoms with E-state index in [1.165, 1.54) is 22.3 Å². The highest BCUT2D eigenvalue weighted by Crippen LogP contribution is 2.34. The molecule has 19 heavy (non-hydrogen) atoms. The summed E-state index contributed by atoms with van der Waals surface area (Å²) >= 11 is 0. The summed E-state index contributed by atoms with van der Waals surface area (Å²) in [5, 5.41) is 3.66. The fourth-order valence-corrected chi connectivity index (χ4v) is 2.88. The minimum atomic E-state index is 0.320. The lowest BCUT2D eigenvalue weighted by atomic mass is 9.82. The summed E-state index contributed by atoms with van der Waals surface area (Å²) in [4.78, 5) is 0. The summed E-state index contributed by atoms with van der Waals surface area (Å²) in [6.07, 6.45) is 4.01. The van der Waals surface area contributed by atoms with Crippen LogP contribution in [0.5, 0.6) is 0 Å². The zero-order valence-electron chi connectivity index (χ0n) is 11.1. The number of fused-ring (bicyclic) bond motifs is 2. The van der Waals surface area contributed by atoms with Crippen molar-refractivity contribution in [2.45, 2.75) is 18.9 Å². The quantitative estimate of drug-likeness (QED) is 0.641. The Balaban J connectivity index is 1.98. The smallest absolute Gasteiger partial charge is 0.0582 e. The molecule has 1 nitrogen and oxygen atoms in total. The van der Waals surface area contributed by atoms with Crippen LogP contribution in [0.1, 0.15) is 34.7 Å². The van der Waals surface area contributed by atoms with Gasteiger partial charge in [0.1, 0.15) is 0 Å². The van der Waals surface area contributed by atoms with Gasteiger partial charge in [-0.3, -0.25) is 0 Å². The van der Waals surface area contributed by atoms with E-state index < -0.39 is 0 Å². The SMILES string of the molecule is C=CCCNC1c2ccccc2Cc2ccccc21. The normalized spacial score (nSPS) is 13.7. The fraction of sp³-hybridized carbons (Fsp3) is 0.222. The first-order valence-corrected chi connectivity index (χ1v) is 6.90. The monoisotopic (exact) mass is 249 g/mol. The number of hydrogen-bond acceptors (Lipinski definition) is 1. The summed E-state index contributed by atoms with van der Waals surface area (Å²) in [5.41, 5.74) is 5.73. The van der Waals surface area contributed by atoms with Gasteiger partial charge in [0.25, 0.3) is 0 Å². The molecule has 1 aliphatic rings. The van der Waals surface area contributed by atoms with Gasteiger partial charge in [0.2, 0.25) is 0 Å². The van der Waals surface area contributed by atoms with Crippen molar-refractivity contribution in [3.8, 4) is 0 Å². The third-order valence-electron chi connectivity index (χ3n) is 3.81. The summed E-state index contributed by atoms with van der Waals surface area (Å²) < 4.78 is 0. The molecule has 0 spiro atoms. The highest BCUT2D eigenvalue weighted by atomic mass is 14.9. The Bertz CT molecular complexity index is 540. The van der Waals surface area contributed by atoms with Gasteiger partial charge in [0.15, 0.2) is 0 Å². The van der Waals surface area contributed by atoms with E-state index in [1.807, 2.05) is 6.08 Å². The van der Waals surface area contributed by atoms with Gasteiger partial charge >= 0.3 is 0 Å². The van der Waals surface area contributed by atoms with Crippen LogP contribution in [-0.4, -0.2) is 6.54 Å². The second kappa shape index (κ2) is 5.41. The van der Waals surface area contributed by atoms with E-state index in [4.69, 9.17) is 0 Å². The Morgan fingerprint density at radius 3 is 2.16 bits per heavy atom. The van der Waals surface area contributed by atoms with Gasteiger partial charge in [0, 0.05) is 0 Å². The second-order valence-corrected chi connectivity index (χ2v) is 5.04. The molecule has 1 heteroatoms. The van der Waals surface area contributed by atoms with Crippen molar-refractivity contribution in [2.75, 3.05) is 6.54 Å². The molecular weight excluding hydrogens is 230 g/mol. The highest BCUT2D eigenvalue weighted by molar-refractivity contribution is 5.48. The van der Waals surface area contributed by atoms with Gasteiger partial charge in [-0.25, -0.2) is 0 Å². The van der Waals surface area contributed by atoms with Crippen molar-refractivity contribution in [1.82, 2.24) is 5.32 Å². The summed E-state index contributed by atoms with van der Waals surface area (Å²) in [6.45, 7) is 4.76. The molecule has 0 radical (unpaired) electrons. The minimum Gasteiger partial charge on any atom is -0.306 e. The van der Waals surface area contributed by atoms with Crippen molar-refractivity contribution >= 4 is 0 Å². The third kappa shape index (κ3) is 2.34. The Kier molecular flexibility index (Phi) is 3.47. The van der Waals surface area contributed by atoms with E-state index in [0.29, 0.717) is 6.04 Å². The van der Waals surface area contributed by atoms with Crippen LogP contribution in [0.4, 0.5) is 0 Å². The molecule has 0 aliphatic heterocycles. The molecule has 0 amide bonds. The molecular formula is C18H19N. The van der Waals surface area contributed by atoms with Crippen LogP contribution in [-0.2, 0) is 6.42 Å². The maximum absolute atomic E-state index is 3.79. The number of rotatable bonds is 4. The summed E-state index contributed by atoms with van der Waals surface area (Å²) in [5.74, 6) is 0. The van der Waals surface area contributed by atoms with E-state index in [1.54, 1.807) is 0 Å². The third-order valence-corrected chi connectivity index (χ3v) is 3.81. The lowest BCUT2D eigenvalue weighted by molar-refractivity contribution is 0.594. The van der Waals surface area contributed by atoms with Crippen LogP contribution in [0, 0.1) is 0 Å². The molecule has 0 saturated carbocycles. The van der Waals surface area contributed by atoms with Crippen LogP contribution in [0.25, 0.3) is 0 Å². The van der Waals surface area contributed by atoms with E-state index >= 15 is 0 Å². The first-order chi connectivity index (χ1) is 9.40. The van der Waals surface area contributed by atoms with Crippen LogP contribution in [0.2, 0.25) is 0 Å². The number of benzene rings is 2. The molecule has 0 saturated heterocycles. The van der Waals surface area contributed by atoms with Crippen LogP contribution in [0.15, 0.2) is 61.2 Å². The zero-order chi connectivity index (χ0) is 13.1. The van der Waals surface area contributed by atoms with Crippen molar-refractivity contribution in [3.05, 3.63) is 83.4 Å². The first-order valence-electron chi connectivity index (χ1n) is 6.90. The molecule has 0 bridgehead atoms. The highest BCUT2D eigenvalue weighted by Gasteiger charge is 2.23. The average molecular weight is 249 g/mol. The minimum absolute atomic E-state index is 0.320. The van der Waals surface area contributed by atoms with Crippen LogP contribution in [0.3, 0.4) is 0 Å². The molecule has 1 aliphatic carbocycles. The van der Waals surface area contributed by atoms with E-state index in [0.717, 1.165) is 19.4 Å². The predicted molar refractivity (Wildman–Crippen MR) is 80.3 cm³/mol. The molecule has 1 N–H and O–H groups in total. The largest absolute Gasteiger partial charge is 0.306 e. The van der Waals surface area contributed by atoms with Gasteiger partial charge in [-0.2, -0.15) is 0 Å². The molecule has 3 rings (SSSR count). The predicted octanol–water partition coefficient (Wildman–Crippen LogP) is 3.85. The maximum Gasteiger partial charge on any atom is 0.0582 e. The van der Waals surface area contributed by atoms with Gasteiger partial charge in [0.05, 0.1) is 6.04 Å². The molecule has 0 fully saturated rings. The van der Waals surface area contributed by atoms with Crippen LogP contribution < -0.4 is 5.32 Å². The number of hydrogen-bond donors (Lipinski definition) is 1. The summed E-state index contributed by atoms with van der Waals surface area (Å²) in [6, 6.07) is 17.8. The Hall–Kier alpha value is -1.86. The van der Waals surface area contributed by atoms with Crippen LogP contribution >= 0.6 is 0 Å². The van der Waals surface area contributed by atoms with Crippen molar-refractivity contribution < 1.29 is 0 Å². The molecule has 0 aromatic heterocycles. The summed E-state index contributed by atoms with van der Waals surface area (Å²) in [7, 11) is 0. The average Bonchev–Trinajstić information content (AvgIpc) is 2.46. The Labute approximate surface area is 115 Å². The van der Waals surface area contributed by atoms with E-state index in [9.17, 15) is 0 Å². The molecule has 0 heterocycles. The molecule has 96 valence electrons. The fourth-order valence-electron chi connectivity index (χ4n) is 2.88. The molecule has 0 atom stereocenters. The van der Waals surface area contributed by atoms with Gasteiger partial charge in [-0.15, -0.1) is 6.58 Å². The maximum atomic E-state index is 3.79. The van der Waals surface area contributed by atoms with Crippen molar-refractivity contribution in [3.63, 3.8) is 0 Å². The van der Waals surface area contributed by atoms with Gasteiger partial charge in [-0.1, -0.05) is 54.6 Å². The topological polar surface area (TPSA) is 12.0 Å². The van der Waals surface area contributed by atoms with Crippen molar-refractivity contribution in [2.24, 2.45) is 0 Å². The molecule has 0 unspecified atom stereocenters. The standard InChI is InChI=1S/C18H19N/c1-2-3-12-19-18-16-10-6-4-8-14(16)13-15-9-5-7-11-17(15)18/h2,4-11,18-19H,1,3,12-13H2. The Morgan fingerprint density at radius 1 is 1.00 bits per heavy atom.